The monoisotopic (exact) mass is 442 g/mol. The van der Waals surface area contributed by atoms with Crippen LogP contribution < -0.4 is 4.74 Å². The fourth-order valence-electron chi connectivity index (χ4n) is 3.35. The van der Waals surface area contributed by atoms with Crippen molar-refractivity contribution in [2.45, 2.75) is 6.92 Å². The lowest BCUT2D eigenvalue weighted by atomic mass is 9.98. The molecular formula is C26H19ClN2O3. The van der Waals surface area contributed by atoms with Gasteiger partial charge < -0.3 is 14.3 Å². The zero-order valence-electron chi connectivity index (χ0n) is 17.2. The summed E-state index contributed by atoms with van der Waals surface area (Å²) < 4.78 is 11.5. The van der Waals surface area contributed by atoms with Crippen LogP contribution >= 0.6 is 11.6 Å². The number of phenols is 1. The molecule has 0 amide bonds. The third kappa shape index (κ3) is 4.22. The maximum absolute atomic E-state index is 10.0. The molecule has 0 radical (unpaired) electrons. The van der Waals surface area contributed by atoms with Crippen LogP contribution in [0, 0.1) is 11.3 Å². The van der Waals surface area contributed by atoms with Crippen molar-refractivity contribution in [2.75, 3.05) is 6.61 Å². The summed E-state index contributed by atoms with van der Waals surface area (Å²) in [7, 11) is 0. The summed E-state index contributed by atoms with van der Waals surface area (Å²) in [6, 6.07) is 24.6. The Hall–Kier alpha value is -4.01. The zero-order valence-corrected chi connectivity index (χ0v) is 18.0. The van der Waals surface area contributed by atoms with E-state index in [4.69, 9.17) is 20.8 Å². The average Bonchev–Trinajstić information content (AvgIpc) is 3.20. The quantitative estimate of drug-likeness (QED) is 0.326. The number of furan rings is 1. The van der Waals surface area contributed by atoms with Gasteiger partial charge in [-0.05, 0) is 30.2 Å². The Morgan fingerprint density at radius 2 is 1.72 bits per heavy atom. The van der Waals surface area contributed by atoms with E-state index < -0.39 is 0 Å². The Morgan fingerprint density at radius 3 is 2.34 bits per heavy atom. The molecule has 0 aliphatic heterocycles. The molecule has 32 heavy (non-hydrogen) atoms. The molecule has 0 unspecified atom stereocenters. The fraction of sp³-hybridized carbons (Fsp3) is 0.0769. The number of halogens is 1. The molecule has 4 rings (SSSR count). The summed E-state index contributed by atoms with van der Waals surface area (Å²) in [5.41, 5.74) is 3.32. The van der Waals surface area contributed by atoms with Crippen LogP contribution in [0.1, 0.15) is 18.1 Å². The highest BCUT2D eigenvalue weighted by atomic mass is 35.5. The zero-order chi connectivity index (χ0) is 22.5. The van der Waals surface area contributed by atoms with E-state index in [1.807, 2.05) is 67.6 Å². The number of benzene rings is 3. The molecule has 0 spiro atoms. The maximum atomic E-state index is 10.0. The molecule has 1 N–H and O–H groups in total. The number of hydrogen-bond acceptors (Lipinski definition) is 5. The second-order valence-corrected chi connectivity index (χ2v) is 7.28. The average molecular weight is 443 g/mol. The minimum absolute atomic E-state index is 0.126. The van der Waals surface area contributed by atoms with Crippen LogP contribution in [0.15, 0.2) is 82.2 Å². The number of nitriles is 1. The summed E-state index contributed by atoms with van der Waals surface area (Å²) in [6.07, 6.45) is 1.52. The Kier molecular flexibility index (Phi) is 6.25. The third-order valence-corrected chi connectivity index (χ3v) is 5.07. The van der Waals surface area contributed by atoms with E-state index >= 15 is 0 Å². The van der Waals surface area contributed by atoms with Gasteiger partial charge >= 0.3 is 0 Å². The van der Waals surface area contributed by atoms with Gasteiger partial charge in [-0.1, -0.05) is 72.3 Å². The van der Waals surface area contributed by atoms with Crippen molar-refractivity contribution in [2.24, 2.45) is 4.99 Å². The molecular weight excluding hydrogens is 424 g/mol. The van der Waals surface area contributed by atoms with E-state index in [9.17, 15) is 10.4 Å². The molecule has 0 fully saturated rings. The lowest BCUT2D eigenvalue weighted by Gasteiger charge is -2.07. The summed E-state index contributed by atoms with van der Waals surface area (Å²) in [5, 5.41) is 20.1. The molecule has 0 aliphatic rings. The van der Waals surface area contributed by atoms with Crippen molar-refractivity contribution in [3.8, 4) is 40.0 Å². The lowest BCUT2D eigenvalue weighted by molar-refractivity contribution is 0.318. The molecule has 1 aromatic heterocycles. The first-order valence-corrected chi connectivity index (χ1v) is 10.4. The largest absolute Gasteiger partial charge is 0.503 e. The predicted octanol–water partition coefficient (Wildman–Crippen LogP) is 6.99. The standard InChI is InChI=1S/C26H19ClN2O3/c1-2-31-22-14-17(13-21(27)24(22)30)16-29-26-20(15-28)23(18-9-5-3-6-10-18)25(32-26)19-11-7-4-8-12-19/h3-14,16,30H,2H2,1H3. The highest BCUT2D eigenvalue weighted by molar-refractivity contribution is 6.32. The summed E-state index contributed by atoms with van der Waals surface area (Å²) in [6.45, 7) is 2.19. The molecule has 1 heterocycles. The minimum Gasteiger partial charge on any atom is -0.503 e. The van der Waals surface area contributed by atoms with Gasteiger partial charge in [-0.3, -0.25) is 0 Å². The normalized spacial score (nSPS) is 10.9. The van der Waals surface area contributed by atoms with Crippen molar-refractivity contribution in [1.82, 2.24) is 0 Å². The van der Waals surface area contributed by atoms with Gasteiger partial charge in [0.05, 0.1) is 11.6 Å². The molecule has 158 valence electrons. The van der Waals surface area contributed by atoms with Crippen LogP contribution in [0.25, 0.3) is 22.5 Å². The van der Waals surface area contributed by atoms with E-state index in [1.54, 1.807) is 12.1 Å². The van der Waals surface area contributed by atoms with Gasteiger partial charge in [0.2, 0.25) is 5.88 Å². The van der Waals surface area contributed by atoms with Gasteiger partial charge in [-0.2, -0.15) is 5.26 Å². The lowest BCUT2D eigenvalue weighted by Crippen LogP contribution is -1.94. The Bertz CT molecular complexity index is 1310. The highest BCUT2D eigenvalue weighted by Gasteiger charge is 2.22. The van der Waals surface area contributed by atoms with Gasteiger partial charge in [0.15, 0.2) is 11.5 Å². The number of hydrogen-bond donors (Lipinski definition) is 1. The van der Waals surface area contributed by atoms with Gasteiger partial charge in [-0.25, -0.2) is 4.99 Å². The first-order valence-electron chi connectivity index (χ1n) is 9.99. The van der Waals surface area contributed by atoms with Crippen molar-refractivity contribution in [1.29, 1.82) is 5.26 Å². The Balaban J connectivity index is 1.84. The first-order chi connectivity index (χ1) is 15.6. The first kappa shape index (κ1) is 21.2. The number of aromatic hydroxyl groups is 1. The van der Waals surface area contributed by atoms with E-state index in [2.05, 4.69) is 11.1 Å². The van der Waals surface area contributed by atoms with Crippen molar-refractivity contribution in [3.05, 3.63) is 88.9 Å². The molecule has 0 atom stereocenters. The summed E-state index contributed by atoms with van der Waals surface area (Å²) >= 11 is 6.12. The topological polar surface area (TPSA) is 78.8 Å². The van der Waals surface area contributed by atoms with Crippen LogP contribution in [0.2, 0.25) is 5.02 Å². The van der Waals surface area contributed by atoms with E-state index in [-0.39, 0.29) is 22.4 Å². The molecule has 0 saturated heterocycles. The van der Waals surface area contributed by atoms with E-state index in [0.717, 1.165) is 11.1 Å². The van der Waals surface area contributed by atoms with Gasteiger partial charge in [0.25, 0.3) is 0 Å². The van der Waals surface area contributed by atoms with Crippen LogP contribution in [-0.2, 0) is 0 Å². The van der Waals surface area contributed by atoms with E-state index in [0.29, 0.717) is 29.1 Å². The maximum Gasteiger partial charge on any atom is 0.238 e. The number of phenolic OH excluding ortho intramolecular Hbond substituents is 1. The van der Waals surface area contributed by atoms with Crippen molar-refractivity contribution >= 4 is 23.7 Å². The summed E-state index contributed by atoms with van der Waals surface area (Å²) in [5.74, 6) is 0.891. The van der Waals surface area contributed by atoms with Gasteiger partial charge in [0, 0.05) is 17.3 Å². The Morgan fingerprint density at radius 1 is 1.06 bits per heavy atom. The smallest absolute Gasteiger partial charge is 0.238 e. The van der Waals surface area contributed by atoms with Gasteiger partial charge in [0.1, 0.15) is 17.4 Å². The van der Waals surface area contributed by atoms with Gasteiger partial charge in [-0.15, -0.1) is 0 Å². The number of nitrogens with zero attached hydrogens (tertiary/aromatic N) is 2. The number of ether oxygens (including phenoxy) is 1. The second kappa shape index (κ2) is 9.42. The Labute approximate surface area is 190 Å². The van der Waals surface area contributed by atoms with Crippen LogP contribution in [-0.4, -0.2) is 17.9 Å². The van der Waals surface area contributed by atoms with E-state index in [1.165, 1.54) is 6.21 Å². The molecule has 5 nitrogen and oxygen atoms in total. The second-order valence-electron chi connectivity index (χ2n) is 6.87. The van der Waals surface area contributed by atoms with Crippen molar-refractivity contribution < 1.29 is 14.3 Å². The summed E-state index contributed by atoms with van der Waals surface area (Å²) in [4.78, 5) is 4.44. The third-order valence-electron chi connectivity index (χ3n) is 4.78. The van der Waals surface area contributed by atoms with Crippen LogP contribution in [0.3, 0.4) is 0 Å². The molecule has 3 aromatic carbocycles. The number of aliphatic imine (C=N–C) groups is 1. The molecule has 0 bridgehead atoms. The molecule has 0 aliphatic carbocycles. The minimum atomic E-state index is -0.126. The number of rotatable bonds is 6. The molecule has 6 heteroatoms. The van der Waals surface area contributed by atoms with Crippen LogP contribution in [0.4, 0.5) is 5.88 Å². The SMILES string of the molecule is CCOc1cc(C=Nc2oc(-c3ccccc3)c(-c3ccccc3)c2C#N)cc(Cl)c1O. The molecule has 4 aromatic rings. The fourth-order valence-corrected chi connectivity index (χ4v) is 3.57. The van der Waals surface area contributed by atoms with Crippen LogP contribution in [0.5, 0.6) is 11.5 Å². The van der Waals surface area contributed by atoms with Crippen molar-refractivity contribution in [3.63, 3.8) is 0 Å². The molecule has 0 saturated carbocycles. The predicted molar refractivity (Wildman–Crippen MR) is 126 cm³/mol. The highest BCUT2D eigenvalue weighted by Crippen LogP contribution is 2.42.